The van der Waals surface area contributed by atoms with Gasteiger partial charge in [0.05, 0.1) is 0 Å². The average Bonchev–Trinajstić information content (AvgIpc) is 2.81. The van der Waals surface area contributed by atoms with Crippen LogP contribution in [0.4, 0.5) is 0 Å². The number of nitrogens with one attached hydrogen (secondary N) is 1. The van der Waals surface area contributed by atoms with Crippen LogP contribution in [0.5, 0.6) is 0 Å². The summed E-state index contributed by atoms with van der Waals surface area (Å²) in [6.07, 6.45) is 2.61. The summed E-state index contributed by atoms with van der Waals surface area (Å²) in [7, 11) is 0. The van der Waals surface area contributed by atoms with E-state index in [4.69, 9.17) is 0 Å². The molecule has 32 heavy (non-hydrogen) atoms. The third-order valence-electron chi connectivity index (χ3n) is 7.76. The number of benzene rings is 2. The van der Waals surface area contributed by atoms with Crippen molar-refractivity contribution in [2.45, 2.75) is 51.9 Å². The average molecular weight is 431 g/mol. The molecule has 2 bridgehead atoms. The van der Waals surface area contributed by atoms with Gasteiger partial charge in [-0.2, -0.15) is 0 Å². The Morgan fingerprint density at radius 2 is 1.44 bits per heavy atom. The number of carbonyl (C=O) groups is 2. The van der Waals surface area contributed by atoms with E-state index in [0.29, 0.717) is 30.8 Å². The fourth-order valence-electron chi connectivity index (χ4n) is 6.15. The number of hydrogen-bond donors (Lipinski definition) is 1. The number of likely N-dealkylation sites (tertiary alicyclic amines) is 1. The molecule has 1 aliphatic heterocycles. The van der Waals surface area contributed by atoms with Crippen molar-refractivity contribution in [3.05, 3.63) is 70.8 Å². The summed E-state index contributed by atoms with van der Waals surface area (Å²) in [5.74, 6) is 1.58. The summed E-state index contributed by atoms with van der Waals surface area (Å²) in [6.45, 7) is 7.98. The Morgan fingerprint density at radius 1 is 0.906 bits per heavy atom. The normalized spacial score (nSPS) is 24.6. The highest BCUT2D eigenvalue weighted by Gasteiger charge is 2.43. The molecular weight excluding hydrogens is 396 g/mol. The Bertz CT molecular complexity index is 982. The number of fused-ring (bicyclic) bond motifs is 1. The summed E-state index contributed by atoms with van der Waals surface area (Å²) >= 11 is 0. The molecule has 2 aromatic carbocycles. The fraction of sp³-hybridized carbons (Fsp3) is 0.500. The van der Waals surface area contributed by atoms with Crippen LogP contribution in [0.2, 0.25) is 0 Å². The van der Waals surface area contributed by atoms with Crippen LogP contribution in [-0.2, 0) is 9.59 Å². The van der Waals surface area contributed by atoms with Gasteiger partial charge in [0.2, 0.25) is 11.8 Å². The van der Waals surface area contributed by atoms with Crippen molar-refractivity contribution < 1.29 is 9.59 Å². The van der Waals surface area contributed by atoms with Crippen LogP contribution in [0.1, 0.15) is 74.1 Å². The molecule has 168 valence electrons. The van der Waals surface area contributed by atoms with Gasteiger partial charge in [0.15, 0.2) is 0 Å². The SMILES string of the molecule is CC(C)(C)C(=O)N1CCC(C(=O)NCC2CC3c4ccccc4C2c2ccccc23)CC1. The maximum atomic E-state index is 13.0. The van der Waals surface area contributed by atoms with E-state index in [2.05, 4.69) is 53.8 Å². The third-order valence-corrected chi connectivity index (χ3v) is 7.76. The first kappa shape index (κ1) is 21.2. The lowest BCUT2D eigenvalue weighted by atomic mass is 9.59. The van der Waals surface area contributed by atoms with E-state index in [9.17, 15) is 9.59 Å². The monoisotopic (exact) mass is 430 g/mol. The lowest BCUT2D eigenvalue weighted by Crippen LogP contribution is -2.47. The number of hydrogen-bond acceptors (Lipinski definition) is 2. The van der Waals surface area contributed by atoms with E-state index in [1.54, 1.807) is 0 Å². The van der Waals surface area contributed by atoms with Crippen LogP contribution in [0.15, 0.2) is 48.5 Å². The standard InChI is InChI=1S/C28H34N2O2/c1-28(2,3)27(32)30-14-12-18(13-15-30)26(31)29-17-19-16-24-20-8-4-6-10-22(20)25(19)23-11-7-5-9-21(23)24/h4-11,18-19,24-25H,12-17H2,1-3H3,(H,29,31). The summed E-state index contributed by atoms with van der Waals surface area (Å²) < 4.78 is 0. The van der Waals surface area contributed by atoms with Crippen molar-refractivity contribution in [3.8, 4) is 0 Å². The van der Waals surface area contributed by atoms with Gasteiger partial charge in [-0.3, -0.25) is 9.59 Å². The van der Waals surface area contributed by atoms with Crippen LogP contribution >= 0.6 is 0 Å². The highest BCUT2D eigenvalue weighted by Crippen LogP contribution is 2.55. The molecule has 0 saturated carbocycles. The van der Waals surface area contributed by atoms with E-state index < -0.39 is 0 Å². The fourth-order valence-corrected chi connectivity index (χ4v) is 6.15. The van der Waals surface area contributed by atoms with E-state index in [0.717, 1.165) is 25.8 Å². The van der Waals surface area contributed by atoms with Crippen molar-refractivity contribution in [2.24, 2.45) is 17.3 Å². The molecule has 1 atom stereocenters. The Hall–Kier alpha value is -2.62. The first-order valence-corrected chi connectivity index (χ1v) is 12.1. The lowest BCUT2D eigenvalue weighted by Gasteiger charge is -2.45. The molecule has 1 unspecified atom stereocenters. The van der Waals surface area contributed by atoms with Gasteiger partial charge >= 0.3 is 0 Å². The van der Waals surface area contributed by atoms with Gasteiger partial charge < -0.3 is 10.2 Å². The predicted molar refractivity (Wildman–Crippen MR) is 126 cm³/mol. The second-order valence-electron chi connectivity index (χ2n) is 10.8. The van der Waals surface area contributed by atoms with Crippen molar-refractivity contribution >= 4 is 11.8 Å². The molecule has 3 aliphatic carbocycles. The van der Waals surface area contributed by atoms with Crippen molar-refractivity contribution in [1.29, 1.82) is 0 Å². The molecule has 4 heteroatoms. The molecule has 6 rings (SSSR count). The summed E-state index contributed by atoms with van der Waals surface area (Å²) in [5.41, 5.74) is 5.46. The van der Waals surface area contributed by atoms with Crippen LogP contribution in [0, 0.1) is 17.3 Å². The molecule has 0 spiro atoms. The van der Waals surface area contributed by atoms with Gasteiger partial charge in [0, 0.05) is 42.8 Å². The smallest absolute Gasteiger partial charge is 0.227 e. The molecule has 4 aliphatic rings. The second kappa shape index (κ2) is 8.06. The Kier molecular flexibility index (Phi) is 5.35. The molecule has 2 amide bonds. The maximum absolute atomic E-state index is 13.0. The van der Waals surface area contributed by atoms with E-state index in [1.807, 2.05) is 25.7 Å². The van der Waals surface area contributed by atoms with Crippen molar-refractivity contribution in [3.63, 3.8) is 0 Å². The Labute approximate surface area is 191 Å². The first-order chi connectivity index (χ1) is 15.3. The van der Waals surface area contributed by atoms with Crippen molar-refractivity contribution in [1.82, 2.24) is 10.2 Å². The van der Waals surface area contributed by atoms with Crippen LogP contribution in [0.3, 0.4) is 0 Å². The third kappa shape index (κ3) is 3.64. The zero-order valence-corrected chi connectivity index (χ0v) is 19.4. The minimum Gasteiger partial charge on any atom is -0.356 e. The number of piperidine rings is 1. The first-order valence-electron chi connectivity index (χ1n) is 12.1. The molecule has 1 heterocycles. The molecule has 0 radical (unpaired) electrons. The molecule has 0 aromatic heterocycles. The molecule has 2 aromatic rings. The largest absolute Gasteiger partial charge is 0.356 e. The molecule has 1 N–H and O–H groups in total. The van der Waals surface area contributed by atoms with Gasteiger partial charge in [-0.25, -0.2) is 0 Å². The van der Waals surface area contributed by atoms with Crippen LogP contribution in [0.25, 0.3) is 0 Å². The minimum absolute atomic E-state index is 0.0133. The minimum atomic E-state index is -0.359. The van der Waals surface area contributed by atoms with Crippen LogP contribution in [-0.4, -0.2) is 36.3 Å². The van der Waals surface area contributed by atoms with Gasteiger partial charge in [-0.15, -0.1) is 0 Å². The Balaban J connectivity index is 1.24. The summed E-state index contributed by atoms with van der Waals surface area (Å²) in [6, 6.07) is 17.7. The van der Waals surface area contributed by atoms with Gasteiger partial charge in [0.1, 0.15) is 0 Å². The number of amides is 2. The number of carbonyl (C=O) groups excluding carboxylic acids is 2. The maximum Gasteiger partial charge on any atom is 0.227 e. The van der Waals surface area contributed by atoms with Gasteiger partial charge in [-0.1, -0.05) is 69.3 Å². The predicted octanol–water partition coefficient (Wildman–Crippen LogP) is 4.68. The number of nitrogens with zero attached hydrogens (tertiary/aromatic N) is 1. The summed E-state index contributed by atoms with van der Waals surface area (Å²) in [5, 5.41) is 3.30. The lowest BCUT2D eigenvalue weighted by molar-refractivity contribution is -0.142. The highest BCUT2D eigenvalue weighted by atomic mass is 16.2. The molecule has 1 saturated heterocycles. The van der Waals surface area contributed by atoms with Gasteiger partial charge in [0.25, 0.3) is 0 Å². The number of rotatable bonds is 3. The van der Waals surface area contributed by atoms with E-state index in [1.165, 1.54) is 22.3 Å². The molecular formula is C28H34N2O2. The summed E-state index contributed by atoms with van der Waals surface area (Å²) in [4.78, 5) is 27.5. The van der Waals surface area contributed by atoms with Crippen molar-refractivity contribution in [2.75, 3.05) is 19.6 Å². The molecule has 4 nitrogen and oxygen atoms in total. The van der Waals surface area contributed by atoms with Gasteiger partial charge in [-0.05, 0) is 47.4 Å². The van der Waals surface area contributed by atoms with E-state index >= 15 is 0 Å². The second-order valence-corrected chi connectivity index (χ2v) is 10.8. The highest BCUT2D eigenvalue weighted by molar-refractivity contribution is 5.82. The van der Waals surface area contributed by atoms with Crippen LogP contribution < -0.4 is 5.32 Å². The zero-order valence-electron chi connectivity index (χ0n) is 19.4. The molecule has 1 fully saturated rings. The quantitative estimate of drug-likeness (QED) is 0.768. The Morgan fingerprint density at radius 3 is 1.97 bits per heavy atom. The zero-order chi connectivity index (χ0) is 22.5. The topological polar surface area (TPSA) is 49.4 Å². The van der Waals surface area contributed by atoms with E-state index in [-0.39, 0.29) is 23.1 Å².